The number of nitrogens with zero attached hydrogens (tertiary/aromatic N) is 3. The van der Waals surface area contributed by atoms with Crippen molar-refractivity contribution in [2.75, 3.05) is 38.6 Å². The molecular weight excluding hydrogens is 216 g/mol. The van der Waals surface area contributed by atoms with E-state index in [1.165, 1.54) is 25.9 Å². The van der Waals surface area contributed by atoms with E-state index in [4.69, 9.17) is 4.74 Å². The van der Waals surface area contributed by atoms with Crippen LogP contribution in [0.1, 0.15) is 18.7 Å². The normalized spacial score (nSPS) is 16.1. The molecule has 1 saturated heterocycles. The molecule has 1 aromatic rings. The first-order valence-corrected chi connectivity index (χ1v) is 6.16. The first-order valence-electron chi connectivity index (χ1n) is 6.16. The van der Waals surface area contributed by atoms with E-state index in [1.54, 1.807) is 0 Å². The van der Waals surface area contributed by atoms with Gasteiger partial charge < -0.3 is 10.1 Å². The molecule has 1 aliphatic rings. The number of likely N-dealkylation sites (tertiary alicyclic amines) is 1. The maximum Gasteiger partial charge on any atom is 0.218 e. The predicted molar refractivity (Wildman–Crippen MR) is 67.5 cm³/mol. The van der Waals surface area contributed by atoms with E-state index in [0.717, 1.165) is 18.2 Å². The van der Waals surface area contributed by atoms with Gasteiger partial charge in [0.15, 0.2) is 0 Å². The summed E-state index contributed by atoms with van der Waals surface area (Å²) in [7, 11) is 1.84. The Morgan fingerprint density at radius 2 is 2.12 bits per heavy atom. The molecule has 0 aromatic carbocycles. The first-order chi connectivity index (χ1) is 8.28. The van der Waals surface area contributed by atoms with Crippen molar-refractivity contribution in [1.82, 2.24) is 14.9 Å². The standard InChI is InChI=1S/C12H20N4O/c1-10-14-11(13-2)9-12(15-10)17-8-7-16-5-3-4-6-16/h9H,3-8H2,1-2H3,(H,13,14,15). The Labute approximate surface area is 102 Å². The van der Waals surface area contributed by atoms with Crippen molar-refractivity contribution >= 4 is 5.82 Å². The lowest BCUT2D eigenvalue weighted by Gasteiger charge is -2.14. The summed E-state index contributed by atoms with van der Waals surface area (Å²) in [6.07, 6.45) is 2.63. The van der Waals surface area contributed by atoms with E-state index in [9.17, 15) is 0 Å². The average Bonchev–Trinajstić information content (AvgIpc) is 2.81. The number of aryl methyl sites for hydroxylation is 1. The minimum absolute atomic E-state index is 0.654. The van der Waals surface area contributed by atoms with E-state index in [2.05, 4.69) is 20.2 Å². The van der Waals surface area contributed by atoms with Crippen molar-refractivity contribution in [1.29, 1.82) is 0 Å². The summed E-state index contributed by atoms with van der Waals surface area (Å²) in [6.45, 7) is 5.95. The molecule has 1 N–H and O–H groups in total. The fourth-order valence-corrected chi connectivity index (χ4v) is 2.03. The van der Waals surface area contributed by atoms with Crippen molar-refractivity contribution in [2.45, 2.75) is 19.8 Å². The summed E-state index contributed by atoms with van der Waals surface area (Å²) in [4.78, 5) is 10.9. The molecular formula is C12H20N4O. The highest BCUT2D eigenvalue weighted by molar-refractivity contribution is 5.37. The van der Waals surface area contributed by atoms with E-state index < -0.39 is 0 Å². The van der Waals surface area contributed by atoms with Gasteiger partial charge in [-0.05, 0) is 32.9 Å². The monoisotopic (exact) mass is 236 g/mol. The van der Waals surface area contributed by atoms with Gasteiger partial charge in [-0.25, -0.2) is 4.98 Å². The number of hydrogen-bond donors (Lipinski definition) is 1. The fraction of sp³-hybridized carbons (Fsp3) is 0.667. The van der Waals surface area contributed by atoms with E-state index >= 15 is 0 Å². The molecule has 1 aliphatic heterocycles. The van der Waals surface area contributed by atoms with Crippen molar-refractivity contribution < 1.29 is 4.74 Å². The first kappa shape index (κ1) is 12.1. The second-order valence-corrected chi connectivity index (χ2v) is 4.29. The molecule has 94 valence electrons. The molecule has 5 nitrogen and oxygen atoms in total. The molecule has 1 fully saturated rings. The second kappa shape index (κ2) is 5.82. The van der Waals surface area contributed by atoms with Gasteiger partial charge in [-0.1, -0.05) is 0 Å². The third-order valence-corrected chi connectivity index (χ3v) is 2.93. The topological polar surface area (TPSA) is 50.3 Å². The van der Waals surface area contributed by atoms with Gasteiger partial charge in [0.2, 0.25) is 5.88 Å². The molecule has 0 bridgehead atoms. The highest BCUT2D eigenvalue weighted by Gasteiger charge is 2.11. The Morgan fingerprint density at radius 3 is 2.82 bits per heavy atom. The van der Waals surface area contributed by atoms with Gasteiger partial charge in [0, 0.05) is 19.7 Å². The number of anilines is 1. The largest absolute Gasteiger partial charge is 0.476 e. The van der Waals surface area contributed by atoms with Crippen LogP contribution in [0.4, 0.5) is 5.82 Å². The lowest BCUT2D eigenvalue weighted by molar-refractivity contribution is 0.231. The zero-order chi connectivity index (χ0) is 12.1. The predicted octanol–water partition coefficient (Wildman–Crippen LogP) is 1.30. The summed E-state index contributed by atoms with van der Waals surface area (Å²) in [5, 5.41) is 3.00. The summed E-state index contributed by atoms with van der Waals surface area (Å²) in [5.74, 6) is 2.18. The van der Waals surface area contributed by atoms with E-state index in [1.807, 2.05) is 20.0 Å². The van der Waals surface area contributed by atoms with Crippen LogP contribution in [0.25, 0.3) is 0 Å². The molecule has 5 heteroatoms. The Hall–Kier alpha value is -1.36. The third-order valence-electron chi connectivity index (χ3n) is 2.93. The van der Waals surface area contributed by atoms with Crippen LogP contribution < -0.4 is 10.1 Å². The van der Waals surface area contributed by atoms with Crippen LogP contribution in [0.5, 0.6) is 5.88 Å². The Morgan fingerprint density at radius 1 is 1.35 bits per heavy atom. The molecule has 0 radical (unpaired) electrons. The maximum absolute atomic E-state index is 5.66. The fourth-order valence-electron chi connectivity index (χ4n) is 2.03. The Bertz CT molecular complexity index is 364. The van der Waals surface area contributed by atoms with E-state index in [-0.39, 0.29) is 0 Å². The molecule has 0 spiro atoms. The number of aromatic nitrogens is 2. The molecule has 0 unspecified atom stereocenters. The van der Waals surface area contributed by atoms with Gasteiger partial charge in [0.1, 0.15) is 18.2 Å². The lowest BCUT2D eigenvalue weighted by Crippen LogP contribution is -2.25. The summed E-state index contributed by atoms with van der Waals surface area (Å²) in [5.41, 5.74) is 0. The average molecular weight is 236 g/mol. The van der Waals surface area contributed by atoms with Crippen LogP contribution in [0, 0.1) is 6.92 Å². The highest BCUT2D eigenvalue weighted by Crippen LogP contribution is 2.13. The van der Waals surface area contributed by atoms with Gasteiger partial charge in [0.25, 0.3) is 0 Å². The zero-order valence-corrected chi connectivity index (χ0v) is 10.6. The van der Waals surface area contributed by atoms with Gasteiger partial charge in [0.05, 0.1) is 0 Å². The lowest BCUT2D eigenvalue weighted by atomic mass is 10.4. The van der Waals surface area contributed by atoms with Crippen molar-refractivity contribution in [3.05, 3.63) is 11.9 Å². The molecule has 2 rings (SSSR count). The van der Waals surface area contributed by atoms with Crippen LogP contribution in [0.2, 0.25) is 0 Å². The molecule has 2 heterocycles. The quantitative estimate of drug-likeness (QED) is 0.835. The molecule has 17 heavy (non-hydrogen) atoms. The molecule has 1 aromatic heterocycles. The van der Waals surface area contributed by atoms with Crippen LogP contribution in [0.15, 0.2) is 6.07 Å². The zero-order valence-electron chi connectivity index (χ0n) is 10.6. The molecule has 0 atom stereocenters. The van der Waals surface area contributed by atoms with Gasteiger partial charge in [-0.2, -0.15) is 4.98 Å². The second-order valence-electron chi connectivity index (χ2n) is 4.29. The number of rotatable bonds is 5. The van der Waals surface area contributed by atoms with E-state index in [0.29, 0.717) is 12.5 Å². The van der Waals surface area contributed by atoms with Crippen LogP contribution in [0.3, 0.4) is 0 Å². The minimum Gasteiger partial charge on any atom is -0.476 e. The molecule has 0 saturated carbocycles. The summed E-state index contributed by atoms with van der Waals surface area (Å²) < 4.78 is 5.66. The SMILES string of the molecule is CNc1cc(OCCN2CCCC2)nc(C)n1. The van der Waals surface area contributed by atoms with Gasteiger partial charge in [-0.3, -0.25) is 4.90 Å². The Balaban J connectivity index is 1.83. The van der Waals surface area contributed by atoms with Crippen molar-refractivity contribution in [3.63, 3.8) is 0 Å². The Kier molecular flexibility index (Phi) is 4.14. The van der Waals surface area contributed by atoms with Crippen LogP contribution in [-0.2, 0) is 0 Å². The van der Waals surface area contributed by atoms with Crippen LogP contribution >= 0.6 is 0 Å². The third kappa shape index (κ3) is 3.56. The molecule has 0 amide bonds. The maximum atomic E-state index is 5.66. The number of hydrogen-bond acceptors (Lipinski definition) is 5. The number of nitrogens with one attached hydrogen (secondary N) is 1. The number of ether oxygens (including phenoxy) is 1. The van der Waals surface area contributed by atoms with Crippen molar-refractivity contribution in [2.24, 2.45) is 0 Å². The van der Waals surface area contributed by atoms with Gasteiger partial charge in [-0.15, -0.1) is 0 Å². The summed E-state index contributed by atoms with van der Waals surface area (Å²) in [6, 6.07) is 1.83. The smallest absolute Gasteiger partial charge is 0.218 e. The highest BCUT2D eigenvalue weighted by atomic mass is 16.5. The molecule has 0 aliphatic carbocycles. The minimum atomic E-state index is 0.654. The van der Waals surface area contributed by atoms with Crippen LogP contribution in [-0.4, -0.2) is 48.2 Å². The summed E-state index contributed by atoms with van der Waals surface area (Å²) >= 11 is 0. The van der Waals surface area contributed by atoms with Gasteiger partial charge >= 0.3 is 0 Å². The van der Waals surface area contributed by atoms with Crippen molar-refractivity contribution in [3.8, 4) is 5.88 Å².